The van der Waals surface area contributed by atoms with Crippen LogP contribution in [-0.4, -0.2) is 22.9 Å². The topological polar surface area (TPSA) is 75.2 Å². The normalized spacial score (nSPS) is 10.7. The van der Waals surface area contributed by atoms with E-state index in [1.54, 1.807) is 36.6 Å². The first-order chi connectivity index (χ1) is 13.3. The molecule has 0 unspecified atom stereocenters. The lowest BCUT2D eigenvalue weighted by Crippen LogP contribution is -2.24. The Morgan fingerprint density at radius 2 is 1.79 bits per heavy atom. The van der Waals surface area contributed by atoms with Gasteiger partial charge in [-0.2, -0.15) is 4.73 Å². The second-order valence-corrected chi connectivity index (χ2v) is 6.50. The van der Waals surface area contributed by atoms with Crippen molar-refractivity contribution >= 4 is 11.8 Å². The average molecular weight is 382 g/mol. The van der Waals surface area contributed by atoms with Crippen LogP contribution in [0.15, 0.2) is 48.8 Å². The van der Waals surface area contributed by atoms with E-state index in [1.807, 2.05) is 6.92 Å². The molecule has 1 aromatic carbocycles. The van der Waals surface area contributed by atoms with Gasteiger partial charge < -0.3 is 14.5 Å². The van der Waals surface area contributed by atoms with Crippen LogP contribution in [-0.2, 0) is 4.74 Å². The van der Waals surface area contributed by atoms with Crippen LogP contribution < -0.4 is 4.73 Å². The van der Waals surface area contributed by atoms with Gasteiger partial charge in [0.15, 0.2) is 19.0 Å². The molecule has 0 atom stereocenters. The van der Waals surface area contributed by atoms with Crippen LogP contribution >= 0.6 is 0 Å². The maximum atomic E-state index is 13.9. The van der Waals surface area contributed by atoms with Gasteiger partial charge in [-0.05, 0) is 44.5 Å². The fraction of sp³-hybridized carbons (Fsp3) is 0.190. The molecule has 0 amide bonds. The standard InChI is InChI=1S/C21H19FN2O4/c1-13-4-5-17(11-19(13)22)24-14(2)10-18(15(24)3)20(25)12-28-21(26)16-6-8-23(27)9-7-16/h4-11H,12H2,1-3H3. The molecular weight excluding hydrogens is 363 g/mol. The zero-order valence-electron chi connectivity index (χ0n) is 15.7. The number of ketones is 1. The number of rotatable bonds is 5. The third kappa shape index (κ3) is 3.78. The third-order valence-corrected chi connectivity index (χ3v) is 4.52. The first-order valence-corrected chi connectivity index (χ1v) is 8.62. The Hall–Kier alpha value is -3.48. The number of carbonyl (C=O) groups is 2. The molecule has 0 aliphatic rings. The molecule has 0 bridgehead atoms. The van der Waals surface area contributed by atoms with E-state index in [9.17, 15) is 19.2 Å². The van der Waals surface area contributed by atoms with Gasteiger partial charge in [-0.15, -0.1) is 0 Å². The van der Waals surface area contributed by atoms with Gasteiger partial charge in [0.05, 0.1) is 5.56 Å². The number of carbonyl (C=O) groups excluding carboxylic acids is 2. The summed E-state index contributed by atoms with van der Waals surface area (Å²) in [5, 5.41) is 11.0. The molecule has 0 N–H and O–H groups in total. The Morgan fingerprint density at radius 1 is 1.11 bits per heavy atom. The number of hydrogen-bond acceptors (Lipinski definition) is 4. The first kappa shape index (κ1) is 19.3. The van der Waals surface area contributed by atoms with Crippen molar-refractivity contribution in [1.29, 1.82) is 0 Å². The molecule has 0 radical (unpaired) electrons. The molecule has 0 aliphatic carbocycles. The monoisotopic (exact) mass is 382 g/mol. The van der Waals surface area contributed by atoms with Crippen LogP contribution in [0.1, 0.15) is 37.7 Å². The molecule has 0 saturated heterocycles. The van der Waals surface area contributed by atoms with E-state index in [1.165, 1.54) is 30.6 Å². The van der Waals surface area contributed by atoms with Gasteiger partial charge in [-0.25, -0.2) is 9.18 Å². The summed E-state index contributed by atoms with van der Waals surface area (Å²) in [4.78, 5) is 24.6. The number of pyridine rings is 1. The number of benzene rings is 1. The first-order valence-electron chi connectivity index (χ1n) is 8.62. The molecule has 7 heteroatoms. The van der Waals surface area contributed by atoms with Gasteiger partial charge >= 0.3 is 5.97 Å². The lowest BCUT2D eigenvalue weighted by atomic mass is 10.1. The van der Waals surface area contributed by atoms with Crippen molar-refractivity contribution in [2.24, 2.45) is 0 Å². The summed E-state index contributed by atoms with van der Waals surface area (Å²) in [6, 6.07) is 9.20. The minimum atomic E-state index is -0.691. The molecule has 28 heavy (non-hydrogen) atoms. The molecular formula is C21H19FN2O4. The largest absolute Gasteiger partial charge is 0.619 e. The zero-order valence-corrected chi connectivity index (χ0v) is 15.7. The minimum absolute atomic E-state index is 0.181. The predicted octanol–water partition coefficient (Wildman–Crippen LogP) is 3.21. The van der Waals surface area contributed by atoms with Crippen molar-refractivity contribution in [3.8, 4) is 5.69 Å². The lowest BCUT2D eigenvalue weighted by molar-refractivity contribution is -0.605. The second-order valence-electron chi connectivity index (χ2n) is 6.50. The fourth-order valence-corrected chi connectivity index (χ4v) is 3.00. The number of halogens is 1. The molecule has 0 saturated carbocycles. The smallest absolute Gasteiger partial charge is 0.339 e. The predicted molar refractivity (Wildman–Crippen MR) is 100.0 cm³/mol. The van der Waals surface area contributed by atoms with Crippen LogP contribution in [0.5, 0.6) is 0 Å². The van der Waals surface area contributed by atoms with Crippen molar-refractivity contribution in [2.45, 2.75) is 20.8 Å². The Labute approximate surface area is 161 Å². The molecule has 3 rings (SSSR count). The summed E-state index contributed by atoms with van der Waals surface area (Å²) >= 11 is 0. The molecule has 0 aliphatic heterocycles. The number of esters is 1. The molecule has 6 nitrogen and oxygen atoms in total. The molecule has 0 fully saturated rings. The summed E-state index contributed by atoms with van der Waals surface area (Å²) in [6.45, 7) is 4.82. The van der Waals surface area contributed by atoms with E-state index in [2.05, 4.69) is 0 Å². The number of nitrogens with zero attached hydrogens (tertiary/aromatic N) is 2. The van der Waals surface area contributed by atoms with Gasteiger partial charge in [-0.3, -0.25) is 4.79 Å². The highest BCUT2D eigenvalue weighted by atomic mass is 19.1. The second kappa shape index (κ2) is 7.64. The highest BCUT2D eigenvalue weighted by Gasteiger charge is 2.19. The van der Waals surface area contributed by atoms with Gasteiger partial charge in [0.1, 0.15) is 5.82 Å². The minimum Gasteiger partial charge on any atom is -0.619 e. The number of ether oxygens (including phenoxy) is 1. The fourth-order valence-electron chi connectivity index (χ4n) is 3.00. The molecule has 144 valence electrons. The molecule has 0 spiro atoms. The quantitative estimate of drug-likeness (QED) is 0.294. The summed E-state index contributed by atoms with van der Waals surface area (Å²) < 4.78 is 21.3. The highest BCUT2D eigenvalue weighted by Crippen LogP contribution is 2.23. The van der Waals surface area contributed by atoms with E-state index in [-0.39, 0.29) is 17.2 Å². The lowest BCUT2D eigenvalue weighted by Gasteiger charge is -2.11. The third-order valence-electron chi connectivity index (χ3n) is 4.52. The average Bonchev–Trinajstić information content (AvgIpc) is 2.97. The summed E-state index contributed by atoms with van der Waals surface area (Å²) in [5.74, 6) is -1.38. The summed E-state index contributed by atoms with van der Waals surface area (Å²) in [5.41, 5.74) is 3.13. The molecule has 2 aromatic heterocycles. The van der Waals surface area contributed by atoms with Crippen molar-refractivity contribution in [1.82, 2.24) is 4.57 Å². The van der Waals surface area contributed by atoms with Gasteiger partial charge in [-0.1, -0.05) is 6.07 Å². The van der Waals surface area contributed by atoms with E-state index < -0.39 is 12.6 Å². The van der Waals surface area contributed by atoms with Crippen LogP contribution in [0.2, 0.25) is 0 Å². The van der Waals surface area contributed by atoms with Gasteiger partial charge in [0, 0.05) is 34.8 Å². The van der Waals surface area contributed by atoms with E-state index >= 15 is 0 Å². The Kier molecular flexibility index (Phi) is 5.26. The van der Waals surface area contributed by atoms with E-state index in [0.717, 1.165) is 5.69 Å². The van der Waals surface area contributed by atoms with Crippen molar-refractivity contribution < 1.29 is 23.4 Å². The highest BCUT2D eigenvalue weighted by molar-refractivity contribution is 6.00. The summed E-state index contributed by atoms with van der Waals surface area (Å²) in [6.07, 6.45) is 2.35. The number of hydrogen-bond donors (Lipinski definition) is 0. The van der Waals surface area contributed by atoms with Crippen molar-refractivity contribution in [3.05, 3.63) is 87.9 Å². The number of Topliss-reactive ketones (excluding diaryl/α,β-unsaturated/α-hetero) is 1. The maximum Gasteiger partial charge on any atom is 0.339 e. The SMILES string of the molecule is Cc1ccc(-n2c(C)cc(C(=O)COC(=O)c3cc[n+]([O-])cc3)c2C)cc1F. The Balaban J connectivity index is 1.78. The van der Waals surface area contributed by atoms with Crippen LogP contribution in [0.25, 0.3) is 5.69 Å². The molecule has 2 heterocycles. The summed E-state index contributed by atoms with van der Waals surface area (Å²) in [7, 11) is 0. The van der Waals surface area contributed by atoms with Gasteiger partial charge in [0.2, 0.25) is 5.78 Å². The van der Waals surface area contributed by atoms with Crippen LogP contribution in [0.4, 0.5) is 4.39 Å². The maximum absolute atomic E-state index is 13.9. The van der Waals surface area contributed by atoms with E-state index in [0.29, 0.717) is 27.2 Å². The number of aromatic nitrogens is 2. The van der Waals surface area contributed by atoms with Crippen molar-refractivity contribution in [3.63, 3.8) is 0 Å². The number of aryl methyl sites for hydroxylation is 2. The Morgan fingerprint density at radius 3 is 2.43 bits per heavy atom. The van der Waals surface area contributed by atoms with E-state index in [4.69, 9.17) is 4.74 Å². The molecule has 3 aromatic rings. The van der Waals surface area contributed by atoms with Gasteiger partial charge in [0.25, 0.3) is 0 Å². The zero-order chi connectivity index (χ0) is 20.4. The van der Waals surface area contributed by atoms with Crippen LogP contribution in [0.3, 0.4) is 0 Å². The Bertz CT molecular complexity index is 1060. The van der Waals surface area contributed by atoms with Crippen molar-refractivity contribution in [2.75, 3.05) is 6.61 Å². The van der Waals surface area contributed by atoms with Crippen LogP contribution in [0, 0.1) is 31.8 Å².